The Morgan fingerprint density at radius 3 is 2.43 bits per heavy atom. The number of hydrogen-bond donors (Lipinski definition) is 2. The Morgan fingerprint density at radius 1 is 1.17 bits per heavy atom. The van der Waals surface area contributed by atoms with E-state index in [0.717, 1.165) is 51.9 Å². The molecular formula is C25H30N2O3. The molecule has 5 heteroatoms. The molecule has 5 nitrogen and oxygen atoms in total. The highest BCUT2D eigenvalue weighted by atomic mass is 16.5. The molecule has 158 valence electrons. The Kier molecular flexibility index (Phi) is 4.89. The van der Waals surface area contributed by atoms with Crippen LogP contribution in [0.4, 0.5) is 5.69 Å². The van der Waals surface area contributed by atoms with Crippen molar-refractivity contribution in [3.05, 3.63) is 52.7 Å². The lowest BCUT2D eigenvalue weighted by atomic mass is 9.87. The predicted octanol–water partition coefficient (Wildman–Crippen LogP) is 5.60. The monoisotopic (exact) mass is 406 g/mol. The van der Waals surface area contributed by atoms with E-state index in [0.29, 0.717) is 0 Å². The fourth-order valence-electron chi connectivity index (χ4n) is 4.52. The van der Waals surface area contributed by atoms with Crippen molar-refractivity contribution >= 4 is 22.6 Å². The molecule has 30 heavy (non-hydrogen) atoms. The lowest BCUT2D eigenvalue weighted by Crippen LogP contribution is -2.29. The highest BCUT2D eigenvalue weighted by Crippen LogP contribution is 2.46. The van der Waals surface area contributed by atoms with Gasteiger partial charge in [-0.2, -0.15) is 0 Å². The maximum absolute atomic E-state index is 12.4. The zero-order valence-corrected chi connectivity index (χ0v) is 18.6. The summed E-state index contributed by atoms with van der Waals surface area (Å²) in [5.74, 6) is -0.972. The van der Waals surface area contributed by atoms with Gasteiger partial charge in [0.05, 0.1) is 16.8 Å². The number of carbonyl (C=O) groups is 1. The van der Waals surface area contributed by atoms with Crippen LogP contribution >= 0.6 is 0 Å². The third-order valence-electron chi connectivity index (χ3n) is 5.79. The molecule has 4 rings (SSSR count). The number of nitrogens with one attached hydrogen (secondary N) is 1. The number of rotatable bonds is 4. The first-order chi connectivity index (χ1) is 14.1. The number of anilines is 1. The molecule has 0 unspecified atom stereocenters. The zero-order valence-electron chi connectivity index (χ0n) is 18.6. The third-order valence-corrected chi connectivity index (χ3v) is 5.79. The average Bonchev–Trinajstić information content (AvgIpc) is 3.00. The lowest BCUT2D eigenvalue weighted by Gasteiger charge is -2.30. The number of nitrogens with zero attached hydrogens (tertiary/aromatic N) is 1. The Morgan fingerprint density at radius 2 is 1.83 bits per heavy atom. The van der Waals surface area contributed by atoms with Crippen molar-refractivity contribution in [2.24, 2.45) is 0 Å². The number of hydrogen-bond acceptors (Lipinski definition) is 3. The van der Waals surface area contributed by atoms with Crippen LogP contribution in [0, 0.1) is 20.8 Å². The molecule has 0 spiro atoms. The van der Waals surface area contributed by atoms with Crippen LogP contribution in [0.1, 0.15) is 49.3 Å². The van der Waals surface area contributed by atoms with Gasteiger partial charge in [-0.1, -0.05) is 29.8 Å². The summed E-state index contributed by atoms with van der Waals surface area (Å²) in [7, 11) is 0. The first-order valence-corrected chi connectivity index (χ1v) is 10.5. The third kappa shape index (κ3) is 3.37. The average molecular weight is 407 g/mol. The number of ether oxygens (including phenoxy) is 1. The molecule has 3 aromatic rings. The van der Waals surface area contributed by atoms with Crippen LogP contribution < -0.4 is 5.32 Å². The minimum Gasteiger partial charge on any atom is -0.479 e. The Bertz CT molecular complexity index is 1130. The summed E-state index contributed by atoms with van der Waals surface area (Å²) in [6.07, 6.45) is -1.06. The van der Waals surface area contributed by atoms with Gasteiger partial charge in [0.2, 0.25) is 0 Å². The maximum Gasteiger partial charge on any atom is 0.337 e. The van der Waals surface area contributed by atoms with Gasteiger partial charge in [0.1, 0.15) is 0 Å². The van der Waals surface area contributed by atoms with Crippen molar-refractivity contribution in [2.45, 2.75) is 59.8 Å². The van der Waals surface area contributed by atoms with Crippen molar-refractivity contribution in [1.82, 2.24) is 4.57 Å². The number of aliphatic carboxylic acids is 1. The molecule has 1 aromatic heterocycles. The maximum atomic E-state index is 12.4. The van der Waals surface area contributed by atoms with Crippen molar-refractivity contribution in [1.29, 1.82) is 0 Å². The summed E-state index contributed by atoms with van der Waals surface area (Å²) >= 11 is 0. The first-order valence-electron chi connectivity index (χ1n) is 10.5. The van der Waals surface area contributed by atoms with E-state index in [-0.39, 0.29) is 0 Å². The minimum atomic E-state index is -1.06. The highest BCUT2D eigenvalue weighted by molar-refractivity contribution is 6.07. The van der Waals surface area contributed by atoms with E-state index in [1.807, 2.05) is 27.7 Å². The van der Waals surface area contributed by atoms with Gasteiger partial charge in [-0.25, -0.2) is 4.79 Å². The van der Waals surface area contributed by atoms with Gasteiger partial charge in [-0.3, -0.25) is 0 Å². The lowest BCUT2D eigenvalue weighted by molar-refractivity contribution is -0.160. The van der Waals surface area contributed by atoms with Gasteiger partial charge < -0.3 is 19.7 Å². The number of aromatic nitrogens is 1. The Hall–Kier alpha value is -2.79. The smallest absolute Gasteiger partial charge is 0.337 e. The molecule has 0 amide bonds. The predicted molar refractivity (Wildman–Crippen MR) is 121 cm³/mol. The number of carboxylic acid groups (broad SMARTS) is 1. The fraction of sp³-hybridized carbons (Fsp3) is 0.400. The van der Waals surface area contributed by atoms with E-state index in [4.69, 9.17) is 4.74 Å². The van der Waals surface area contributed by atoms with Gasteiger partial charge in [-0.05, 0) is 64.3 Å². The molecule has 0 fully saturated rings. The molecular weight excluding hydrogens is 376 g/mol. The highest BCUT2D eigenvalue weighted by Gasteiger charge is 2.34. The van der Waals surface area contributed by atoms with Gasteiger partial charge in [0, 0.05) is 29.7 Å². The molecule has 0 radical (unpaired) electrons. The summed E-state index contributed by atoms with van der Waals surface area (Å²) in [6.45, 7) is 13.6. The normalized spacial score (nSPS) is 14.6. The number of aryl methyl sites for hydroxylation is 2. The van der Waals surface area contributed by atoms with E-state index in [2.05, 4.69) is 54.1 Å². The van der Waals surface area contributed by atoms with Crippen molar-refractivity contribution in [3.8, 4) is 11.1 Å². The summed E-state index contributed by atoms with van der Waals surface area (Å²) in [5, 5.41) is 14.8. The van der Waals surface area contributed by atoms with E-state index in [9.17, 15) is 9.90 Å². The molecule has 1 aliphatic heterocycles. The summed E-state index contributed by atoms with van der Waals surface area (Å²) in [6, 6.07) is 10.5. The summed E-state index contributed by atoms with van der Waals surface area (Å²) in [5.41, 5.74) is 7.55. The second kappa shape index (κ2) is 7.17. The molecule has 1 aliphatic rings. The quantitative estimate of drug-likeness (QED) is 0.592. The second-order valence-corrected chi connectivity index (χ2v) is 9.23. The Labute approximate surface area is 177 Å². The van der Waals surface area contributed by atoms with Crippen LogP contribution in [0.3, 0.4) is 0 Å². The van der Waals surface area contributed by atoms with Crippen LogP contribution in [0.5, 0.6) is 0 Å². The van der Waals surface area contributed by atoms with Crippen molar-refractivity contribution in [3.63, 3.8) is 0 Å². The Balaban J connectivity index is 2.13. The fourth-order valence-corrected chi connectivity index (χ4v) is 4.52. The van der Waals surface area contributed by atoms with Gasteiger partial charge in [0.15, 0.2) is 6.10 Å². The molecule has 1 atom stereocenters. The molecule has 2 aromatic carbocycles. The number of benzene rings is 2. The van der Waals surface area contributed by atoms with Crippen molar-refractivity contribution in [2.75, 3.05) is 11.9 Å². The van der Waals surface area contributed by atoms with Crippen LogP contribution in [0.25, 0.3) is 22.0 Å². The van der Waals surface area contributed by atoms with Gasteiger partial charge in [0.25, 0.3) is 0 Å². The number of carboxylic acids is 1. The minimum absolute atomic E-state index is 0.596. The van der Waals surface area contributed by atoms with E-state index in [1.54, 1.807) is 0 Å². The topological polar surface area (TPSA) is 63.5 Å². The second-order valence-electron chi connectivity index (χ2n) is 9.23. The molecule has 0 saturated heterocycles. The van der Waals surface area contributed by atoms with Gasteiger partial charge >= 0.3 is 5.97 Å². The molecule has 2 N–H and O–H groups in total. The van der Waals surface area contributed by atoms with E-state index >= 15 is 0 Å². The zero-order chi connectivity index (χ0) is 21.8. The van der Waals surface area contributed by atoms with Crippen LogP contribution in [-0.2, 0) is 16.1 Å². The largest absolute Gasteiger partial charge is 0.479 e. The van der Waals surface area contributed by atoms with E-state index < -0.39 is 17.7 Å². The molecule has 0 bridgehead atoms. The van der Waals surface area contributed by atoms with E-state index in [1.165, 1.54) is 11.3 Å². The summed E-state index contributed by atoms with van der Waals surface area (Å²) < 4.78 is 8.45. The molecule has 0 aliphatic carbocycles. The van der Waals surface area contributed by atoms with Crippen LogP contribution in [-0.4, -0.2) is 27.8 Å². The standard InChI is InChI=1S/C25H30N2O3/c1-14-7-9-17(10-8-14)20-18-13-15(2)27-12-11-26-21(22(18)27)16(3)19(20)23(24(28)29)30-25(4,5)6/h7-10,13,23,26H,11-12H2,1-6H3,(H,28,29)/t23-/m0/s1. The summed E-state index contributed by atoms with van der Waals surface area (Å²) in [4.78, 5) is 12.4. The van der Waals surface area contributed by atoms with Crippen molar-refractivity contribution < 1.29 is 14.6 Å². The first kappa shape index (κ1) is 20.5. The SMILES string of the molecule is Cc1ccc(-c2c([C@H](OC(C)(C)C)C(=O)O)c(C)c3c4c2cc(C)n4CCN3)cc1. The molecule has 2 heterocycles. The van der Waals surface area contributed by atoms with Crippen LogP contribution in [0.15, 0.2) is 30.3 Å². The van der Waals surface area contributed by atoms with Gasteiger partial charge in [-0.15, -0.1) is 0 Å². The molecule has 0 saturated carbocycles. The van der Waals surface area contributed by atoms with Crippen LogP contribution in [0.2, 0.25) is 0 Å².